The van der Waals surface area contributed by atoms with Crippen molar-refractivity contribution < 1.29 is 14.3 Å². The minimum Gasteiger partial charge on any atom is -0.478 e. The number of hydrogen-bond acceptors (Lipinski definition) is 2. The quantitative estimate of drug-likeness (QED) is 0.718. The second kappa shape index (κ2) is 3.06. The lowest BCUT2D eigenvalue weighted by Crippen LogP contribution is -2.25. The van der Waals surface area contributed by atoms with Gasteiger partial charge in [0.25, 0.3) is 0 Å². The van der Waals surface area contributed by atoms with Gasteiger partial charge in [0.2, 0.25) is 0 Å². The fraction of sp³-hybridized carbons (Fsp3) is 0.143. The van der Waals surface area contributed by atoms with Crippen molar-refractivity contribution in [2.45, 2.75) is 5.13 Å². The van der Waals surface area contributed by atoms with E-state index in [2.05, 4.69) is 4.98 Å². The third-order valence-corrected chi connectivity index (χ3v) is 1.61. The normalized spacial score (nSPS) is 15.2. The molecule has 0 spiro atoms. The van der Waals surface area contributed by atoms with Gasteiger partial charge in [-0.2, -0.15) is 0 Å². The van der Waals surface area contributed by atoms with Gasteiger partial charge >= 0.3 is 11.1 Å². The number of halogens is 2. The number of pyridine rings is 1. The first-order valence-electron chi connectivity index (χ1n) is 3.08. The zero-order chi connectivity index (χ0) is 9.19. The van der Waals surface area contributed by atoms with Crippen molar-refractivity contribution in [2.24, 2.45) is 0 Å². The molecule has 3 nitrogen and oxygen atoms in total. The number of nitrogens with zero attached hydrogens (tertiary/aromatic N) is 1. The molecule has 1 unspecified atom stereocenters. The average Bonchev–Trinajstić information content (AvgIpc) is 2.06. The molecular formula is C7H5ClFNO2. The number of aliphatic carboxylic acids is 1. The smallest absolute Gasteiger partial charge is 0.363 e. The molecule has 0 bridgehead atoms. The van der Waals surface area contributed by atoms with Crippen molar-refractivity contribution in [3.63, 3.8) is 0 Å². The highest BCUT2D eigenvalue weighted by Gasteiger charge is 2.39. The number of carbonyl (C=O) groups is 1. The largest absolute Gasteiger partial charge is 0.478 e. The maximum Gasteiger partial charge on any atom is 0.363 e. The van der Waals surface area contributed by atoms with Crippen LogP contribution in [0, 0.1) is 0 Å². The molecule has 0 aliphatic rings. The zero-order valence-corrected chi connectivity index (χ0v) is 6.62. The SMILES string of the molecule is O=C(O)C(F)(Cl)c1ccccn1. The monoisotopic (exact) mass is 189 g/mol. The van der Waals surface area contributed by atoms with Crippen molar-refractivity contribution >= 4 is 17.6 Å². The van der Waals surface area contributed by atoms with Crippen molar-refractivity contribution in [2.75, 3.05) is 0 Å². The summed E-state index contributed by atoms with van der Waals surface area (Å²) in [6.45, 7) is 0. The van der Waals surface area contributed by atoms with Crippen molar-refractivity contribution in [1.29, 1.82) is 0 Å². The maximum atomic E-state index is 13.0. The highest BCUT2D eigenvalue weighted by molar-refractivity contribution is 6.32. The van der Waals surface area contributed by atoms with E-state index in [4.69, 9.17) is 16.7 Å². The Bertz CT molecular complexity index is 289. The predicted molar refractivity (Wildman–Crippen MR) is 40.5 cm³/mol. The first-order valence-corrected chi connectivity index (χ1v) is 3.45. The Hall–Kier alpha value is -1.16. The molecule has 1 aromatic heterocycles. The molecule has 1 atom stereocenters. The van der Waals surface area contributed by atoms with Crippen LogP contribution in [-0.2, 0) is 9.92 Å². The summed E-state index contributed by atoms with van der Waals surface area (Å²) in [6.07, 6.45) is 1.27. The molecule has 0 saturated carbocycles. The molecule has 5 heteroatoms. The number of rotatable bonds is 2. The van der Waals surface area contributed by atoms with Gasteiger partial charge in [0, 0.05) is 6.20 Å². The Morgan fingerprint density at radius 2 is 2.33 bits per heavy atom. The molecule has 1 rings (SSSR count). The number of alkyl halides is 2. The summed E-state index contributed by atoms with van der Waals surface area (Å²) in [5, 5.41) is 5.42. The van der Waals surface area contributed by atoms with Gasteiger partial charge in [-0.3, -0.25) is 4.98 Å². The molecule has 0 aliphatic carbocycles. The van der Waals surface area contributed by atoms with Crippen LogP contribution in [0.5, 0.6) is 0 Å². The van der Waals surface area contributed by atoms with Crippen LogP contribution in [0.25, 0.3) is 0 Å². The Morgan fingerprint density at radius 3 is 2.75 bits per heavy atom. The van der Waals surface area contributed by atoms with E-state index in [-0.39, 0.29) is 5.69 Å². The summed E-state index contributed by atoms with van der Waals surface area (Å²) >= 11 is 5.07. The molecule has 12 heavy (non-hydrogen) atoms. The highest BCUT2D eigenvalue weighted by Crippen LogP contribution is 2.28. The lowest BCUT2D eigenvalue weighted by molar-refractivity contribution is -0.145. The number of hydrogen-bond donors (Lipinski definition) is 1. The molecule has 0 amide bonds. The minimum absolute atomic E-state index is 0.320. The van der Waals surface area contributed by atoms with E-state index in [0.29, 0.717) is 0 Å². The molecule has 1 aromatic rings. The van der Waals surface area contributed by atoms with Gasteiger partial charge in [0.05, 0.1) is 0 Å². The Labute approximate surface area is 72.8 Å². The topological polar surface area (TPSA) is 50.2 Å². The summed E-state index contributed by atoms with van der Waals surface area (Å²) in [5.74, 6) is -1.76. The number of aromatic nitrogens is 1. The fourth-order valence-electron chi connectivity index (χ4n) is 0.658. The van der Waals surface area contributed by atoms with Crippen LogP contribution < -0.4 is 0 Å². The van der Waals surface area contributed by atoms with Crippen LogP contribution in [-0.4, -0.2) is 16.1 Å². The molecule has 64 valence electrons. The van der Waals surface area contributed by atoms with E-state index in [0.717, 1.165) is 0 Å². The van der Waals surface area contributed by atoms with Crippen molar-refractivity contribution in [3.05, 3.63) is 30.1 Å². The third kappa shape index (κ3) is 1.53. The molecular weight excluding hydrogens is 185 g/mol. The van der Waals surface area contributed by atoms with Gasteiger partial charge in [-0.1, -0.05) is 17.7 Å². The van der Waals surface area contributed by atoms with Gasteiger partial charge < -0.3 is 5.11 Å². The van der Waals surface area contributed by atoms with Crippen LogP contribution in [0.4, 0.5) is 4.39 Å². The molecule has 0 radical (unpaired) electrons. The van der Waals surface area contributed by atoms with Crippen molar-refractivity contribution in [3.8, 4) is 0 Å². The summed E-state index contributed by atoms with van der Waals surface area (Å²) in [5.41, 5.74) is -0.320. The van der Waals surface area contributed by atoms with Gasteiger partial charge in [-0.25, -0.2) is 9.18 Å². The first kappa shape index (κ1) is 8.93. The van der Waals surface area contributed by atoms with E-state index in [9.17, 15) is 9.18 Å². The van der Waals surface area contributed by atoms with Gasteiger partial charge in [-0.15, -0.1) is 0 Å². The van der Waals surface area contributed by atoms with Crippen LogP contribution in [0.1, 0.15) is 5.69 Å². The molecule has 0 aromatic carbocycles. The fourth-order valence-corrected chi connectivity index (χ4v) is 0.770. The standard InChI is InChI=1S/C7H5ClFNO2/c8-7(9,6(11)12)5-3-1-2-4-10-5/h1-4H,(H,11,12). The average molecular weight is 190 g/mol. The van der Waals surface area contributed by atoms with Crippen LogP contribution in [0.15, 0.2) is 24.4 Å². The number of carboxylic acid groups (broad SMARTS) is 1. The van der Waals surface area contributed by atoms with E-state index < -0.39 is 11.1 Å². The van der Waals surface area contributed by atoms with E-state index >= 15 is 0 Å². The molecule has 0 saturated heterocycles. The Balaban J connectivity index is 3.06. The Morgan fingerprint density at radius 1 is 1.67 bits per heavy atom. The summed E-state index contributed by atoms with van der Waals surface area (Å²) in [6, 6.07) is 4.21. The van der Waals surface area contributed by atoms with Crippen LogP contribution in [0.3, 0.4) is 0 Å². The minimum atomic E-state index is -2.93. The van der Waals surface area contributed by atoms with Gasteiger partial charge in [0.15, 0.2) is 0 Å². The predicted octanol–water partition coefficient (Wildman–Crippen LogP) is 1.53. The second-order valence-electron chi connectivity index (χ2n) is 2.09. The highest BCUT2D eigenvalue weighted by atomic mass is 35.5. The molecule has 1 heterocycles. The van der Waals surface area contributed by atoms with Crippen LogP contribution >= 0.6 is 11.6 Å². The number of carboxylic acids is 1. The van der Waals surface area contributed by atoms with Crippen molar-refractivity contribution in [1.82, 2.24) is 4.98 Å². The first-order chi connectivity index (χ1) is 5.55. The molecule has 0 aliphatic heterocycles. The van der Waals surface area contributed by atoms with Gasteiger partial charge in [0.1, 0.15) is 5.69 Å². The molecule has 1 N–H and O–H groups in total. The zero-order valence-electron chi connectivity index (χ0n) is 5.87. The third-order valence-electron chi connectivity index (χ3n) is 1.26. The van der Waals surface area contributed by atoms with Crippen LogP contribution in [0.2, 0.25) is 0 Å². The van der Waals surface area contributed by atoms with E-state index in [1.54, 1.807) is 0 Å². The lowest BCUT2D eigenvalue weighted by Gasteiger charge is -2.10. The lowest BCUT2D eigenvalue weighted by atomic mass is 10.2. The molecule has 0 fully saturated rings. The van der Waals surface area contributed by atoms with Gasteiger partial charge in [-0.05, 0) is 12.1 Å². The summed E-state index contributed by atoms with van der Waals surface area (Å²) < 4.78 is 13.0. The van der Waals surface area contributed by atoms with E-state index in [1.165, 1.54) is 24.4 Å². The Kier molecular flexibility index (Phi) is 2.28. The summed E-state index contributed by atoms with van der Waals surface area (Å²) in [7, 11) is 0. The maximum absolute atomic E-state index is 13.0. The van der Waals surface area contributed by atoms with E-state index in [1.807, 2.05) is 0 Å². The second-order valence-corrected chi connectivity index (χ2v) is 2.62. The summed E-state index contributed by atoms with van der Waals surface area (Å²) in [4.78, 5) is 13.8.